The molecular formula is C36H28N2O. The first-order chi connectivity index (χ1) is 19.5. The van der Waals surface area contributed by atoms with E-state index in [1.54, 1.807) is 6.26 Å². The maximum atomic E-state index is 8.49. The van der Waals surface area contributed by atoms with Gasteiger partial charge in [-0.05, 0) is 40.8 Å². The molecular weight excluding hydrogens is 476 g/mol. The number of nitrogens with zero attached hydrogens (tertiary/aromatic N) is 2. The summed E-state index contributed by atoms with van der Waals surface area (Å²) in [4.78, 5) is 5.19. The molecule has 2 aromatic heterocycles. The second-order valence-electron chi connectivity index (χ2n) is 10.1. The summed E-state index contributed by atoms with van der Waals surface area (Å²) >= 11 is 0. The lowest BCUT2D eigenvalue weighted by atomic mass is 9.95. The Hall–Kier alpha value is -4.89. The minimum atomic E-state index is -0.715. The molecule has 0 radical (unpaired) electrons. The van der Waals surface area contributed by atoms with Gasteiger partial charge >= 0.3 is 0 Å². The Morgan fingerprint density at radius 2 is 1.33 bits per heavy atom. The molecule has 0 fully saturated rings. The second kappa shape index (κ2) is 9.45. The molecule has 0 bridgehead atoms. The summed E-state index contributed by atoms with van der Waals surface area (Å²) in [5, 5.41) is 0.975. The van der Waals surface area contributed by atoms with Gasteiger partial charge in [0, 0.05) is 17.9 Å². The van der Waals surface area contributed by atoms with Crippen molar-refractivity contribution in [1.29, 1.82) is 0 Å². The molecule has 3 heteroatoms. The van der Waals surface area contributed by atoms with Crippen molar-refractivity contribution < 1.29 is 5.79 Å². The average Bonchev–Trinajstić information content (AvgIpc) is 3.58. The molecule has 5 aromatic carbocycles. The molecule has 2 heterocycles. The quantitative estimate of drug-likeness (QED) is 0.233. The molecule has 188 valence electrons. The van der Waals surface area contributed by atoms with E-state index in [4.69, 9.17) is 10.8 Å². The molecule has 0 aliphatic heterocycles. The van der Waals surface area contributed by atoms with Gasteiger partial charge in [-0.3, -0.25) is 4.57 Å². The molecule has 0 aliphatic carbocycles. The zero-order valence-electron chi connectivity index (χ0n) is 22.9. The molecule has 0 N–H and O–H groups in total. The van der Waals surface area contributed by atoms with E-state index >= 15 is 0 Å². The van der Waals surface area contributed by atoms with Crippen molar-refractivity contribution in [3.05, 3.63) is 133 Å². The summed E-state index contributed by atoms with van der Waals surface area (Å²) in [7, 11) is 0. The summed E-state index contributed by atoms with van der Waals surface area (Å²) < 4.78 is 16.9. The normalized spacial score (nSPS) is 12.2. The Morgan fingerprint density at radius 1 is 0.692 bits per heavy atom. The van der Waals surface area contributed by atoms with Crippen LogP contribution in [0.3, 0.4) is 0 Å². The van der Waals surface area contributed by atoms with E-state index in [-0.39, 0.29) is 0 Å². The van der Waals surface area contributed by atoms with Gasteiger partial charge in [0.25, 0.3) is 0 Å². The fraction of sp³-hybridized carbons (Fsp3) is 0.0833. The van der Waals surface area contributed by atoms with Gasteiger partial charge in [-0.25, -0.2) is 4.98 Å². The Balaban J connectivity index is 1.58. The summed E-state index contributed by atoms with van der Waals surface area (Å²) in [5.41, 5.74) is 10.1. The summed E-state index contributed by atoms with van der Waals surface area (Å²) in [6.07, 6.45) is 1.80. The zero-order chi connectivity index (χ0) is 27.3. The van der Waals surface area contributed by atoms with Crippen LogP contribution in [0.15, 0.2) is 132 Å². The van der Waals surface area contributed by atoms with Gasteiger partial charge in [0.15, 0.2) is 0 Å². The van der Waals surface area contributed by atoms with Gasteiger partial charge in [0.1, 0.15) is 17.7 Å². The molecule has 0 atom stereocenters. The topological polar surface area (TPSA) is 31.0 Å². The Kier molecular flexibility index (Phi) is 5.36. The van der Waals surface area contributed by atoms with Crippen molar-refractivity contribution in [2.75, 3.05) is 0 Å². The lowest BCUT2D eigenvalue weighted by Gasteiger charge is -2.19. The molecule has 7 rings (SSSR count). The third kappa shape index (κ3) is 3.95. The van der Waals surface area contributed by atoms with E-state index in [2.05, 4.69) is 95.6 Å². The first-order valence-electron chi connectivity index (χ1n) is 13.7. The van der Waals surface area contributed by atoms with Crippen molar-refractivity contribution in [3.8, 4) is 39.3 Å². The van der Waals surface area contributed by atoms with Gasteiger partial charge in [0.2, 0.25) is 0 Å². The molecule has 0 aliphatic rings. The van der Waals surface area contributed by atoms with Crippen LogP contribution in [-0.2, 0) is 0 Å². The molecule has 3 nitrogen and oxygen atoms in total. The Labute approximate surface area is 229 Å². The van der Waals surface area contributed by atoms with Crippen molar-refractivity contribution in [2.45, 2.75) is 19.7 Å². The molecule has 39 heavy (non-hydrogen) atoms. The number of rotatable bonds is 5. The highest BCUT2D eigenvalue weighted by atomic mass is 16.3. The highest BCUT2D eigenvalue weighted by Gasteiger charge is 2.23. The third-order valence-corrected chi connectivity index (χ3v) is 7.38. The molecule has 0 unspecified atom stereocenters. The number of fused-ring (bicyclic) bond motifs is 2. The van der Waals surface area contributed by atoms with Crippen LogP contribution in [0.25, 0.3) is 61.3 Å². The highest BCUT2D eigenvalue weighted by Crippen LogP contribution is 2.42. The SMILES string of the molecule is [2H]C(C)(C)c1ccc2c(-c3nc4ccccc4n3-c3c(-c4ccccc4)cccc3-c3ccccc3)coc2c1. The summed E-state index contributed by atoms with van der Waals surface area (Å²) in [6.45, 7) is 3.78. The van der Waals surface area contributed by atoms with Crippen molar-refractivity contribution in [2.24, 2.45) is 0 Å². The number of para-hydroxylation sites is 3. The van der Waals surface area contributed by atoms with E-state index < -0.39 is 5.89 Å². The maximum absolute atomic E-state index is 8.49. The van der Waals surface area contributed by atoms with E-state index in [0.717, 1.165) is 66.9 Å². The van der Waals surface area contributed by atoms with Crippen LogP contribution in [-0.4, -0.2) is 9.55 Å². The molecule has 0 spiro atoms. The number of furan rings is 1. The van der Waals surface area contributed by atoms with Gasteiger partial charge in [-0.2, -0.15) is 0 Å². The smallest absolute Gasteiger partial charge is 0.149 e. The predicted octanol–water partition coefficient (Wildman–Crippen LogP) is 9.90. The van der Waals surface area contributed by atoms with Crippen LogP contribution in [0, 0.1) is 0 Å². The van der Waals surface area contributed by atoms with Crippen LogP contribution in [0.4, 0.5) is 0 Å². The monoisotopic (exact) mass is 505 g/mol. The summed E-state index contributed by atoms with van der Waals surface area (Å²) in [5.74, 6) is 0.103. The number of imidazole rings is 1. The predicted molar refractivity (Wildman–Crippen MR) is 161 cm³/mol. The number of hydrogen-bond donors (Lipinski definition) is 0. The van der Waals surface area contributed by atoms with Gasteiger partial charge in [0.05, 0.1) is 22.3 Å². The lowest BCUT2D eigenvalue weighted by Crippen LogP contribution is -2.03. The summed E-state index contributed by atoms with van der Waals surface area (Å²) in [6, 6.07) is 41.9. The maximum Gasteiger partial charge on any atom is 0.149 e. The van der Waals surface area contributed by atoms with Crippen LogP contribution in [0.1, 0.15) is 26.7 Å². The van der Waals surface area contributed by atoms with Crippen molar-refractivity contribution in [3.63, 3.8) is 0 Å². The van der Waals surface area contributed by atoms with Gasteiger partial charge < -0.3 is 4.42 Å². The average molecular weight is 506 g/mol. The zero-order valence-corrected chi connectivity index (χ0v) is 21.9. The van der Waals surface area contributed by atoms with Gasteiger partial charge in [-0.1, -0.05) is 117 Å². The largest absolute Gasteiger partial charge is 0.464 e. The molecule has 0 amide bonds. The Bertz CT molecular complexity index is 1920. The molecule has 0 saturated heterocycles. The molecule has 0 saturated carbocycles. The van der Waals surface area contributed by atoms with Crippen LogP contribution < -0.4 is 0 Å². The van der Waals surface area contributed by atoms with E-state index in [1.165, 1.54) is 0 Å². The Morgan fingerprint density at radius 3 is 2.00 bits per heavy atom. The first-order valence-corrected chi connectivity index (χ1v) is 13.2. The fourth-order valence-corrected chi connectivity index (χ4v) is 5.43. The van der Waals surface area contributed by atoms with Crippen LogP contribution >= 0.6 is 0 Å². The first kappa shape index (κ1) is 22.1. The number of aromatic nitrogens is 2. The molecule has 7 aromatic rings. The standard InChI is InChI=1S/C36H28N2O/c1-24(2)27-20-21-30-31(23-39-34(30)22-27)36-37-32-18-9-10-19-33(32)38(36)35-28(25-12-5-3-6-13-25)16-11-17-29(35)26-14-7-4-8-15-26/h3-24H,1-2H3/i24D. The van der Waals surface area contributed by atoms with Crippen LogP contribution in [0.5, 0.6) is 0 Å². The van der Waals surface area contributed by atoms with Crippen LogP contribution in [0.2, 0.25) is 0 Å². The second-order valence-corrected chi connectivity index (χ2v) is 10.1. The van der Waals surface area contributed by atoms with Crippen molar-refractivity contribution in [1.82, 2.24) is 9.55 Å². The fourth-order valence-electron chi connectivity index (χ4n) is 5.43. The minimum absolute atomic E-state index is 0.715. The van der Waals surface area contributed by atoms with Crippen molar-refractivity contribution >= 4 is 22.0 Å². The minimum Gasteiger partial charge on any atom is -0.464 e. The number of benzene rings is 5. The van der Waals surface area contributed by atoms with E-state index in [0.29, 0.717) is 0 Å². The lowest BCUT2D eigenvalue weighted by molar-refractivity contribution is 0.615. The van der Waals surface area contributed by atoms with E-state index in [1.807, 2.05) is 44.2 Å². The number of hydrogen-bond acceptors (Lipinski definition) is 2. The third-order valence-electron chi connectivity index (χ3n) is 7.38. The van der Waals surface area contributed by atoms with E-state index in [9.17, 15) is 0 Å². The highest BCUT2D eigenvalue weighted by molar-refractivity contribution is 5.98. The van der Waals surface area contributed by atoms with Gasteiger partial charge in [-0.15, -0.1) is 0 Å².